The molecule has 1 unspecified atom stereocenters. The number of hydrogen-bond donors (Lipinski definition) is 2. The summed E-state index contributed by atoms with van der Waals surface area (Å²) in [4.78, 5) is 18.9. The van der Waals surface area contributed by atoms with Crippen LogP contribution >= 0.6 is 0 Å². The first kappa shape index (κ1) is 10.4. The maximum atomic E-state index is 11.7. The van der Waals surface area contributed by atoms with E-state index in [9.17, 15) is 4.79 Å². The quantitative estimate of drug-likeness (QED) is 0.778. The number of nitrogens with one attached hydrogen (secondary N) is 1. The fourth-order valence-electron chi connectivity index (χ4n) is 1.89. The van der Waals surface area contributed by atoms with Gasteiger partial charge in [0, 0.05) is 11.3 Å². The van der Waals surface area contributed by atoms with E-state index in [1.807, 2.05) is 13.8 Å². The van der Waals surface area contributed by atoms with Gasteiger partial charge in [0.1, 0.15) is 5.82 Å². The third-order valence-corrected chi connectivity index (χ3v) is 3.04. The monoisotopic (exact) mass is 207 g/mol. The van der Waals surface area contributed by atoms with Gasteiger partial charge in [-0.25, -0.2) is 4.98 Å². The first-order valence-electron chi connectivity index (χ1n) is 5.48. The lowest BCUT2D eigenvalue weighted by Gasteiger charge is -2.11. The Hall–Kier alpha value is -1.16. The number of aromatic amines is 1. The molecule has 2 rings (SSSR count). The molecule has 4 heteroatoms. The molecule has 1 atom stereocenters. The van der Waals surface area contributed by atoms with Crippen LogP contribution in [0.5, 0.6) is 0 Å². The van der Waals surface area contributed by atoms with E-state index in [1.54, 1.807) is 0 Å². The highest BCUT2D eigenvalue weighted by Gasteiger charge is 2.31. The van der Waals surface area contributed by atoms with Crippen molar-refractivity contribution in [1.82, 2.24) is 9.97 Å². The first-order chi connectivity index (χ1) is 7.13. The van der Waals surface area contributed by atoms with Gasteiger partial charge in [-0.15, -0.1) is 0 Å². The average Bonchev–Trinajstić information content (AvgIpc) is 2.99. The number of rotatable bonds is 3. The van der Waals surface area contributed by atoms with Gasteiger partial charge >= 0.3 is 0 Å². The molecule has 1 saturated carbocycles. The number of H-pyrrole nitrogens is 1. The van der Waals surface area contributed by atoms with Crippen molar-refractivity contribution in [2.75, 3.05) is 0 Å². The van der Waals surface area contributed by atoms with Crippen molar-refractivity contribution < 1.29 is 0 Å². The summed E-state index contributed by atoms with van der Waals surface area (Å²) in [6.45, 7) is 3.83. The van der Waals surface area contributed by atoms with Crippen LogP contribution in [-0.2, 0) is 6.42 Å². The van der Waals surface area contributed by atoms with Crippen molar-refractivity contribution in [3.63, 3.8) is 0 Å². The Labute approximate surface area is 88.9 Å². The lowest BCUT2D eigenvalue weighted by atomic mass is 10.1. The van der Waals surface area contributed by atoms with Crippen molar-refractivity contribution in [3.8, 4) is 0 Å². The van der Waals surface area contributed by atoms with Crippen molar-refractivity contribution in [2.45, 2.75) is 39.2 Å². The van der Waals surface area contributed by atoms with E-state index >= 15 is 0 Å². The van der Waals surface area contributed by atoms with E-state index in [0.717, 1.165) is 24.1 Å². The third-order valence-electron chi connectivity index (χ3n) is 3.04. The summed E-state index contributed by atoms with van der Waals surface area (Å²) < 4.78 is 0. The van der Waals surface area contributed by atoms with Crippen molar-refractivity contribution in [3.05, 3.63) is 27.4 Å². The van der Waals surface area contributed by atoms with Crippen LogP contribution in [0.15, 0.2) is 4.79 Å². The Morgan fingerprint density at radius 2 is 2.27 bits per heavy atom. The zero-order valence-electron chi connectivity index (χ0n) is 9.21. The van der Waals surface area contributed by atoms with E-state index < -0.39 is 0 Å². The molecule has 82 valence electrons. The van der Waals surface area contributed by atoms with Crippen LogP contribution in [0, 0.1) is 12.8 Å². The Balaban J connectivity index is 2.38. The highest BCUT2D eigenvalue weighted by Crippen LogP contribution is 2.38. The van der Waals surface area contributed by atoms with E-state index in [-0.39, 0.29) is 11.6 Å². The molecular weight excluding hydrogens is 190 g/mol. The van der Waals surface area contributed by atoms with Crippen LogP contribution in [0.4, 0.5) is 0 Å². The van der Waals surface area contributed by atoms with E-state index in [4.69, 9.17) is 5.73 Å². The van der Waals surface area contributed by atoms with Gasteiger partial charge in [0.15, 0.2) is 0 Å². The van der Waals surface area contributed by atoms with Gasteiger partial charge in [-0.1, -0.05) is 6.92 Å². The minimum absolute atomic E-state index is 0.0314. The van der Waals surface area contributed by atoms with Crippen LogP contribution in [0.25, 0.3) is 0 Å². The van der Waals surface area contributed by atoms with Crippen LogP contribution < -0.4 is 11.3 Å². The number of hydrogen-bond acceptors (Lipinski definition) is 3. The van der Waals surface area contributed by atoms with Crippen LogP contribution in [0.3, 0.4) is 0 Å². The summed E-state index contributed by atoms with van der Waals surface area (Å²) in [5.41, 5.74) is 7.54. The highest BCUT2D eigenvalue weighted by molar-refractivity contribution is 5.17. The molecule has 0 spiro atoms. The van der Waals surface area contributed by atoms with E-state index in [1.165, 1.54) is 0 Å². The molecule has 1 aromatic rings. The normalized spacial score (nSPS) is 17.8. The maximum Gasteiger partial charge on any atom is 0.254 e. The molecule has 0 aromatic carbocycles. The molecular formula is C11H17N3O. The molecule has 0 amide bonds. The molecule has 1 heterocycles. The highest BCUT2D eigenvalue weighted by atomic mass is 16.1. The fraction of sp³-hybridized carbons (Fsp3) is 0.636. The van der Waals surface area contributed by atoms with Gasteiger partial charge in [-0.2, -0.15) is 0 Å². The summed E-state index contributed by atoms with van der Waals surface area (Å²) in [6.07, 6.45) is 3.02. The standard InChI is InChI=1S/C11H17N3O/c1-3-8-6(2)13-10(14-11(8)15)9(12)7-4-5-7/h7,9H,3-5,12H2,1-2H3,(H,13,14,15). The molecule has 0 saturated heterocycles. The second-order valence-corrected chi connectivity index (χ2v) is 4.23. The average molecular weight is 207 g/mol. The summed E-state index contributed by atoms with van der Waals surface area (Å²) in [6, 6.07) is -0.0951. The molecule has 1 aromatic heterocycles. The van der Waals surface area contributed by atoms with Gasteiger partial charge in [0.25, 0.3) is 5.56 Å². The lowest BCUT2D eigenvalue weighted by Crippen LogP contribution is -2.24. The summed E-state index contributed by atoms with van der Waals surface area (Å²) in [5.74, 6) is 1.16. The Morgan fingerprint density at radius 1 is 1.60 bits per heavy atom. The fourth-order valence-corrected chi connectivity index (χ4v) is 1.89. The van der Waals surface area contributed by atoms with Crippen LogP contribution in [0.1, 0.15) is 42.9 Å². The molecule has 1 aliphatic carbocycles. The molecule has 1 fully saturated rings. The minimum atomic E-state index is -0.0951. The lowest BCUT2D eigenvalue weighted by molar-refractivity contribution is 0.586. The SMILES string of the molecule is CCc1c(C)nc(C(N)C2CC2)[nH]c1=O. The summed E-state index contributed by atoms with van der Waals surface area (Å²) in [7, 11) is 0. The molecule has 0 radical (unpaired) electrons. The summed E-state index contributed by atoms with van der Waals surface area (Å²) >= 11 is 0. The van der Waals surface area contributed by atoms with Crippen molar-refractivity contribution >= 4 is 0 Å². The topological polar surface area (TPSA) is 71.8 Å². The summed E-state index contributed by atoms with van der Waals surface area (Å²) in [5, 5.41) is 0. The molecule has 15 heavy (non-hydrogen) atoms. The molecule has 0 aliphatic heterocycles. The zero-order chi connectivity index (χ0) is 11.0. The van der Waals surface area contributed by atoms with Gasteiger partial charge in [-0.05, 0) is 32.1 Å². The van der Waals surface area contributed by atoms with Crippen molar-refractivity contribution in [2.24, 2.45) is 11.7 Å². The minimum Gasteiger partial charge on any atom is -0.321 e. The number of aryl methyl sites for hydroxylation is 1. The van der Waals surface area contributed by atoms with Crippen LogP contribution in [0.2, 0.25) is 0 Å². The van der Waals surface area contributed by atoms with Gasteiger partial charge < -0.3 is 10.7 Å². The number of nitrogens with two attached hydrogens (primary N) is 1. The predicted molar refractivity (Wildman–Crippen MR) is 58.6 cm³/mol. The predicted octanol–water partition coefficient (Wildman–Crippen LogP) is 1.05. The second-order valence-electron chi connectivity index (χ2n) is 4.23. The maximum absolute atomic E-state index is 11.7. The first-order valence-corrected chi connectivity index (χ1v) is 5.48. The van der Waals surface area contributed by atoms with E-state index in [0.29, 0.717) is 18.2 Å². The molecule has 3 N–H and O–H groups in total. The second kappa shape index (κ2) is 3.77. The Kier molecular flexibility index (Phi) is 2.61. The Bertz CT molecular complexity index is 420. The van der Waals surface area contributed by atoms with Gasteiger partial charge in [-0.3, -0.25) is 4.79 Å². The Morgan fingerprint density at radius 3 is 2.73 bits per heavy atom. The van der Waals surface area contributed by atoms with Crippen LogP contribution in [-0.4, -0.2) is 9.97 Å². The molecule has 4 nitrogen and oxygen atoms in total. The third kappa shape index (κ3) is 1.95. The van der Waals surface area contributed by atoms with E-state index in [2.05, 4.69) is 9.97 Å². The smallest absolute Gasteiger partial charge is 0.254 e. The number of nitrogens with zero attached hydrogens (tertiary/aromatic N) is 1. The molecule has 0 bridgehead atoms. The van der Waals surface area contributed by atoms with Crippen molar-refractivity contribution in [1.29, 1.82) is 0 Å². The van der Waals surface area contributed by atoms with Gasteiger partial charge in [0.05, 0.1) is 6.04 Å². The van der Waals surface area contributed by atoms with Gasteiger partial charge in [0.2, 0.25) is 0 Å². The number of aromatic nitrogens is 2. The largest absolute Gasteiger partial charge is 0.321 e. The zero-order valence-corrected chi connectivity index (χ0v) is 9.21. The molecule has 1 aliphatic rings.